The van der Waals surface area contributed by atoms with Gasteiger partial charge in [0.2, 0.25) is 0 Å². The van der Waals surface area contributed by atoms with Crippen molar-refractivity contribution in [2.45, 2.75) is 59.5 Å². The van der Waals surface area contributed by atoms with Crippen LogP contribution in [0.15, 0.2) is 53.5 Å². The van der Waals surface area contributed by atoms with Crippen molar-refractivity contribution < 1.29 is 4.74 Å². The third-order valence-corrected chi connectivity index (χ3v) is 4.86. The third-order valence-electron chi connectivity index (χ3n) is 4.86. The van der Waals surface area contributed by atoms with E-state index in [4.69, 9.17) is 4.74 Å². The van der Waals surface area contributed by atoms with Crippen LogP contribution in [0.1, 0.15) is 63.1 Å². The van der Waals surface area contributed by atoms with Gasteiger partial charge in [0.15, 0.2) is 0 Å². The lowest BCUT2D eigenvalue weighted by molar-refractivity contribution is 0.306. The van der Waals surface area contributed by atoms with E-state index >= 15 is 0 Å². The van der Waals surface area contributed by atoms with Gasteiger partial charge in [0.05, 0.1) is 0 Å². The molecule has 0 spiro atoms. The van der Waals surface area contributed by atoms with Crippen molar-refractivity contribution in [3.05, 3.63) is 65.2 Å². The molecule has 2 rings (SSSR count). The zero-order chi connectivity index (χ0) is 18.6. The number of ether oxygens (including phenoxy) is 1. The molecule has 0 radical (unpaired) electrons. The monoisotopic (exact) mass is 351 g/mol. The number of rotatable bonds is 11. The van der Waals surface area contributed by atoms with Crippen LogP contribution < -0.4 is 4.74 Å². The second-order valence-corrected chi connectivity index (χ2v) is 6.94. The minimum atomic E-state index is 0.604. The summed E-state index contributed by atoms with van der Waals surface area (Å²) >= 11 is 0. The molecule has 2 aromatic carbocycles. The van der Waals surface area contributed by atoms with Crippen LogP contribution in [0.5, 0.6) is 5.75 Å². The Morgan fingerprint density at radius 1 is 0.923 bits per heavy atom. The van der Waals surface area contributed by atoms with Crippen molar-refractivity contribution >= 4 is 6.21 Å². The van der Waals surface area contributed by atoms with Gasteiger partial charge in [-0.15, -0.1) is 0 Å². The maximum atomic E-state index is 5.88. The molecule has 0 N–H and O–H groups in total. The van der Waals surface area contributed by atoms with Gasteiger partial charge < -0.3 is 4.74 Å². The van der Waals surface area contributed by atoms with E-state index in [-0.39, 0.29) is 0 Å². The molecule has 2 nitrogen and oxygen atoms in total. The quantitative estimate of drug-likeness (QED) is 0.425. The van der Waals surface area contributed by atoms with Crippen molar-refractivity contribution in [2.24, 2.45) is 10.9 Å². The van der Waals surface area contributed by atoms with Gasteiger partial charge in [-0.1, -0.05) is 64.3 Å². The minimum absolute atomic E-state index is 0.604. The highest BCUT2D eigenvalue weighted by atomic mass is 16.5. The zero-order valence-electron chi connectivity index (χ0n) is 16.6. The van der Waals surface area contributed by atoms with Crippen LogP contribution in [0.3, 0.4) is 0 Å². The van der Waals surface area contributed by atoms with Gasteiger partial charge in [-0.05, 0) is 59.7 Å². The SMILES string of the molecule is CCCCC(CC)C/N=C/c1ccc(OCc2ccc(CC)cc2)cc1. The Morgan fingerprint density at radius 2 is 1.62 bits per heavy atom. The van der Waals surface area contributed by atoms with Gasteiger partial charge in [0.25, 0.3) is 0 Å². The zero-order valence-corrected chi connectivity index (χ0v) is 16.6. The van der Waals surface area contributed by atoms with Gasteiger partial charge in [-0.25, -0.2) is 0 Å². The predicted octanol–water partition coefficient (Wildman–Crippen LogP) is 6.46. The van der Waals surface area contributed by atoms with E-state index in [0.717, 1.165) is 24.3 Å². The number of hydrogen-bond donors (Lipinski definition) is 0. The first-order valence-corrected chi connectivity index (χ1v) is 10.1. The molecule has 26 heavy (non-hydrogen) atoms. The molecular weight excluding hydrogens is 318 g/mol. The van der Waals surface area contributed by atoms with Crippen molar-refractivity contribution in [3.63, 3.8) is 0 Å². The van der Waals surface area contributed by atoms with Gasteiger partial charge in [-0.2, -0.15) is 0 Å². The Hall–Kier alpha value is -2.09. The average molecular weight is 352 g/mol. The van der Waals surface area contributed by atoms with Crippen molar-refractivity contribution in [1.82, 2.24) is 0 Å². The fourth-order valence-electron chi connectivity index (χ4n) is 2.91. The van der Waals surface area contributed by atoms with E-state index in [2.05, 4.69) is 62.2 Å². The lowest BCUT2D eigenvalue weighted by Gasteiger charge is -2.10. The maximum absolute atomic E-state index is 5.88. The van der Waals surface area contributed by atoms with Crippen molar-refractivity contribution in [2.75, 3.05) is 6.54 Å². The third kappa shape index (κ3) is 7.03. The van der Waals surface area contributed by atoms with Crippen LogP contribution in [0.4, 0.5) is 0 Å². The Labute approximate surface area is 159 Å². The minimum Gasteiger partial charge on any atom is -0.489 e. The number of nitrogens with zero attached hydrogens (tertiary/aromatic N) is 1. The molecule has 0 aliphatic carbocycles. The molecule has 0 amide bonds. The summed E-state index contributed by atoms with van der Waals surface area (Å²) in [4.78, 5) is 4.64. The topological polar surface area (TPSA) is 21.6 Å². The van der Waals surface area contributed by atoms with Crippen LogP contribution in [0.2, 0.25) is 0 Å². The first kappa shape index (κ1) is 20.2. The van der Waals surface area contributed by atoms with E-state index in [0.29, 0.717) is 12.5 Å². The van der Waals surface area contributed by atoms with Gasteiger partial charge in [0, 0.05) is 12.8 Å². The highest BCUT2D eigenvalue weighted by Gasteiger charge is 2.03. The smallest absolute Gasteiger partial charge is 0.119 e. The van der Waals surface area contributed by atoms with Crippen LogP contribution >= 0.6 is 0 Å². The normalized spacial score (nSPS) is 12.4. The van der Waals surface area contributed by atoms with Gasteiger partial charge in [0.1, 0.15) is 12.4 Å². The summed E-state index contributed by atoms with van der Waals surface area (Å²) in [6.45, 7) is 8.22. The number of hydrogen-bond acceptors (Lipinski definition) is 2. The number of benzene rings is 2. The summed E-state index contributed by atoms with van der Waals surface area (Å²) in [7, 11) is 0. The molecule has 0 aromatic heterocycles. The molecule has 0 fully saturated rings. The molecular formula is C24H33NO. The van der Waals surface area contributed by atoms with E-state index in [1.54, 1.807) is 0 Å². The first-order chi connectivity index (χ1) is 12.7. The highest BCUT2D eigenvalue weighted by Crippen LogP contribution is 2.15. The predicted molar refractivity (Wildman–Crippen MR) is 112 cm³/mol. The average Bonchev–Trinajstić information content (AvgIpc) is 2.70. The lowest BCUT2D eigenvalue weighted by atomic mass is 10.00. The van der Waals surface area contributed by atoms with E-state index in [1.165, 1.54) is 36.8 Å². The molecule has 0 aliphatic heterocycles. The van der Waals surface area contributed by atoms with E-state index in [1.807, 2.05) is 18.3 Å². The summed E-state index contributed by atoms with van der Waals surface area (Å²) in [6, 6.07) is 16.8. The molecule has 0 bridgehead atoms. The van der Waals surface area contributed by atoms with Crippen LogP contribution in [0, 0.1) is 5.92 Å². The van der Waals surface area contributed by atoms with Crippen LogP contribution in [-0.4, -0.2) is 12.8 Å². The molecule has 0 saturated carbocycles. The fraction of sp³-hybridized carbons (Fsp3) is 0.458. The molecule has 0 aliphatic rings. The molecule has 0 saturated heterocycles. The number of aliphatic imine (C=N–C) groups is 1. The van der Waals surface area contributed by atoms with E-state index < -0.39 is 0 Å². The molecule has 140 valence electrons. The Balaban J connectivity index is 1.80. The number of aryl methyl sites for hydroxylation is 1. The molecule has 1 atom stereocenters. The highest BCUT2D eigenvalue weighted by molar-refractivity contribution is 5.79. The lowest BCUT2D eigenvalue weighted by Crippen LogP contribution is -2.03. The summed E-state index contributed by atoms with van der Waals surface area (Å²) < 4.78 is 5.88. The first-order valence-electron chi connectivity index (χ1n) is 10.1. The Bertz CT molecular complexity index is 643. The maximum Gasteiger partial charge on any atom is 0.119 e. The Morgan fingerprint density at radius 3 is 2.23 bits per heavy atom. The largest absolute Gasteiger partial charge is 0.489 e. The summed E-state index contributed by atoms with van der Waals surface area (Å²) in [6.07, 6.45) is 8.13. The Kier molecular flexibility index (Phi) is 8.95. The molecule has 2 aromatic rings. The molecule has 0 heterocycles. The van der Waals surface area contributed by atoms with Crippen LogP contribution in [0.25, 0.3) is 0 Å². The van der Waals surface area contributed by atoms with Crippen molar-refractivity contribution in [1.29, 1.82) is 0 Å². The second-order valence-electron chi connectivity index (χ2n) is 6.94. The van der Waals surface area contributed by atoms with E-state index in [9.17, 15) is 0 Å². The van der Waals surface area contributed by atoms with Crippen molar-refractivity contribution in [3.8, 4) is 5.75 Å². The second kappa shape index (κ2) is 11.5. The van der Waals surface area contributed by atoms with Gasteiger partial charge in [-0.3, -0.25) is 4.99 Å². The van der Waals surface area contributed by atoms with Gasteiger partial charge >= 0.3 is 0 Å². The summed E-state index contributed by atoms with van der Waals surface area (Å²) in [5, 5.41) is 0. The standard InChI is InChI=1S/C24H33NO/c1-4-7-8-21(6-3)17-25-18-22-13-15-24(16-14-22)26-19-23-11-9-20(5-2)10-12-23/h9-16,18,21H,4-8,17,19H2,1-3H3/b25-18+. The molecule has 1 unspecified atom stereocenters. The fourth-order valence-corrected chi connectivity index (χ4v) is 2.91. The number of unbranched alkanes of at least 4 members (excludes halogenated alkanes) is 1. The van der Waals surface area contributed by atoms with Crippen LogP contribution in [-0.2, 0) is 13.0 Å². The summed E-state index contributed by atoms with van der Waals surface area (Å²) in [5.74, 6) is 1.61. The summed E-state index contributed by atoms with van der Waals surface area (Å²) in [5.41, 5.74) is 3.69. The molecule has 2 heteroatoms.